The number of carbonyl (C=O) groups excluding carboxylic acids is 1. The Morgan fingerprint density at radius 2 is 2.22 bits per heavy atom. The molecular formula is C12H12ClN3OS. The monoisotopic (exact) mass is 281 g/mol. The van der Waals surface area contributed by atoms with Crippen molar-refractivity contribution in [2.45, 2.75) is 6.92 Å². The Labute approximate surface area is 114 Å². The SMILES string of the molecule is CCNC(=O)c1csc(Nc2ccccc2Cl)n1. The number of halogens is 1. The fraction of sp³-hybridized carbons (Fsp3) is 0.167. The third kappa shape index (κ3) is 3.00. The minimum atomic E-state index is -0.166. The summed E-state index contributed by atoms with van der Waals surface area (Å²) in [5, 5.41) is 8.76. The van der Waals surface area contributed by atoms with Gasteiger partial charge >= 0.3 is 0 Å². The van der Waals surface area contributed by atoms with Crippen LogP contribution < -0.4 is 10.6 Å². The Hall–Kier alpha value is -1.59. The van der Waals surface area contributed by atoms with E-state index in [1.807, 2.05) is 25.1 Å². The lowest BCUT2D eigenvalue weighted by Crippen LogP contribution is -2.22. The number of nitrogens with one attached hydrogen (secondary N) is 2. The number of rotatable bonds is 4. The molecule has 0 atom stereocenters. The number of nitrogens with zero attached hydrogens (tertiary/aromatic N) is 1. The summed E-state index contributed by atoms with van der Waals surface area (Å²) in [4.78, 5) is 15.8. The number of thiazole rings is 1. The van der Waals surface area contributed by atoms with Crippen molar-refractivity contribution in [3.8, 4) is 0 Å². The van der Waals surface area contributed by atoms with E-state index in [2.05, 4.69) is 15.6 Å². The molecule has 0 aliphatic carbocycles. The van der Waals surface area contributed by atoms with E-state index in [1.54, 1.807) is 11.4 Å². The van der Waals surface area contributed by atoms with Gasteiger partial charge in [-0.2, -0.15) is 0 Å². The summed E-state index contributed by atoms with van der Waals surface area (Å²) in [6.07, 6.45) is 0. The molecule has 1 aromatic carbocycles. The Morgan fingerprint density at radius 3 is 2.94 bits per heavy atom. The van der Waals surface area contributed by atoms with E-state index in [0.717, 1.165) is 5.69 Å². The minimum Gasteiger partial charge on any atom is -0.351 e. The number of para-hydroxylation sites is 1. The van der Waals surface area contributed by atoms with Gasteiger partial charge in [0.15, 0.2) is 5.13 Å². The molecule has 2 rings (SSSR count). The molecule has 1 aromatic heterocycles. The van der Waals surface area contributed by atoms with Crippen LogP contribution in [0.25, 0.3) is 0 Å². The van der Waals surface area contributed by atoms with Crippen molar-refractivity contribution in [1.29, 1.82) is 0 Å². The van der Waals surface area contributed by atoms with E-state index in [4.69, 9.17) is 11.6 Å². The van der Waals surface area contributed by atoms with Crippen LogP contribution in [0.15, 0.2) is 29.6 Å². The fourth-order valence-electron chi connectivity index (χ4n) is 1.36. The van der Waals surface area contributed by atoms with Crippen molar-refractivity contribution in [2.24, 2.45) is 0 Å². The zero-order chi connectivity index (χ0) is 13.0. The molecule has 2 N–H and O–H groups in total. The highest BCUT2D eigenvalue weighted by atomic mass is 35.5. The number of carbonyl (C=O) groups is 1. The molecule has 0 fully saturated rings. The number of amides is 1. The Kier molecular flexibility index (Phi) is 4.17. The summed E-state index contributed by atoms with van der Waals surface area (Å²) >= 11 is 7.39. The lowest BCUT2D eigenvalue weighted by atomic mass is 10.3. The lowest BCUT2D eigenvalue weighted by Gasteiger charge is -2.03. The molecule has 0 aliphatic rings. The van der Waals surface area contributed by atoms with Crippen molar-refractivity contribution < 1.29 is 4.79 Å². The van der Waals surface area contributed by atoms with Gasteiger partial charge in [-0.1, -0.05) is 23.7 Å². The first kappa shape index (κ1) is 12.9. The highest BCUT2D eigenvalue weighted by Crippen LogP contribution is 2.26. The predicted octanol–water partition coefficient (Wildman–Crippen LogP) is 3.29. The van der Waals surface area contributed by atoms with Gasteiger partial charge in [-0.15, -0.1) is 11.3 Å². The van der Waals surface area contributed by atoms with Crippen molar-refractivity contribution >= 4 is 39.7 Å². The number of aromatic nitrogens is 1. The van der Waals surface area contributed by atoms with E-state index < -0.39 is 0 Å². The Morgan fingerprint density at radius 1 is 1.44 bits per heavy atom. The second-order valence-corrected chi connectivity index (χ2v) is 4.77. The quantitative estimate of drug-likeness (QED) is 0.904. The number of hydrogen-bond donors (Lipinski definition) is 2. The maximum atomic E-state index is 11.6. The van der Waals surface area contributed by atoms with Gasteiger partial charge in [0, 0.05) is 11.9 Å². The maximum absolute atomic E-state index is 11.6. The summed E-state index contributed by atoms with van der Waals surface area (Å²) in [5.74, 6) is -0.166. The minimum absolute atomic E-state index is 0.166. The molecule has 0 saturated carbocycles. The highest BCUT2D eigenvalue weighted by molar-refractivity contribution is 7.14. The zero-order valence-corrected chi connectivity index (χ0v) is 11.3. The lowest BCUT2D eigenvalue weighted by molar-refractivity contribution is 0.0951. The second kappa shape index (κ2) is 5.84. The van der Waals surface area contributed by atoms with Crippen LogP contribution in [0.2, 0.25) is 5.02 Å². The molecule has 18 heavy (non-hydrogen) atoms. The molecule has 4 nitrogen and oxygen atoms in total. The van der Waals surface area contributed by atoms with E-state index in [1.165, 1.54) is 11.3 Å². The molecule has 0 unspecified atom stereocenters. The average molecular weight is 282 g/mol. The van der Waals surface area contributed by atoms with Crippen LogP contribution in [-0.4, -0.2) is 17.4 Å². The molecule has 94 valence electrons. The molecule has 1 heterocycles. The summed E-state index contributed by atoms with van der Waals surface area (Å²) in [6.45, 7) is 2.46. The van der Waals surface area contributed by atoms with E-state index >= 15 is 0 Å². The maximum Gasteiger partial charge on any atom is 0.270 e. The first-order valence-electron chi connectivity index (χ1n) is 5.46. The van der Waals surface area contributed by atoms with E-state index in [0.29, 0.717) is 22.4 Å². The third-order valence-corrected chi connectivity index (χ3v) is 3.28. The van der Waals surface area contributed by atoms with Gasteiger partial charge in [-0.25, -0.2) is 4.98 Å². The summed E-state index contributed by atoms with van der Waals surface area (Å²) in [5.41, 5.74) is 1.19. The van der Waals surface area contributed by atoms with Crippen LogP contribution in [0.1, 0.15) is 17.4 Å². The first-order valence-corrected chi connectivity index (χ1v) is 6.71. The standard InChI is InChI=1S/C12H12ClN3OS/c1-2-14-11(17)10-7-18-12(16-10)15-9-6-4-3-5-8(9)13/h3-7H,2H2,1H3,(H,14,17)(H,15,16). The van der Waals surface area contributed by atoms with Gasteiger partial charge in [0.05, 0.1) is 10.7 Å². The van der Waals surface area contributed by atoms with E-state index in [-0.39, 0.29) is 5.91 Å². The molecule has 0 bridgehead atoms. The van der Waals surface area contributed by atoms with Gasteiger partial charge in [0.2, 0.25) is 0 Å². The normalized spacial score (nSPS) is 10.1. The largest absolute Gasteiger partial charge is 0.351 e. The van der Waals surface area contributed by atoms with Crippen LogP contribution in [-0.2, 0) is 0 Å². The Bertz CT molecular complexity index is 556. The smallest absolute Gasteiger partial charge is 0.270 e. The summed E-state index contributed by atoms with van der Waals surface area (Å²) in [7, 11) is 0. The molecular weight excluding hydrogens is 270 g/mol. The summed E-state index contributed by atoms with van der Waals surface area (Å²) < 4.78 is 0. The van der Waals surface area contributed by atoms with Gasteiger partial charge < -0.3 is 10.6 Å². The molecule has 2 aromatic rings. The highest BCUT2D eigenvalue weighted by Gasteiger charge is 2.10. The van der Waals surface area contributed by atoms with Gasteiger partial charge in [-0.3, -0.25) is 4.79 Å². The van der Waals surface area contributed by atoms with Gasteiger partial charge in [-0.05, 0) is 19.1 Å². The second-order valence-electron chi connectivity index (χ2n) is 3.50. The van der Waals surface area contributed by atoms with Crippen LogP contribution in [0, 0.1) is 0 Å². The van der Waals surface area contributed by atoms with Crippen LogP contribution in [0.4, 0.5) is 10.8 Å². The topological polar surface area (TPSA) is 54.0 Å². The first-order chi connectivity index (χ1) is 8.70. The molecule has 0 radical (unpaired) electrons. The summed E-state index contributed by atoms with van der Waals surface area (Å²) in [6, 6.07) is 7.39. The van der Waals surface area contributed by atoms with Gasteiger partial charge in [0.25, 0.3) is 5.91 Å². The van der Waals surface area contributed by atoms with E-state index in [9.17, 15) is 4.79 Å². The number of benzene rings is 1. The zero-order valence-electron chi connectivity index (χ0n) is 9.74. The van der Waals surface area contributed by atoms with Crippen molar-refractivity contribution in [1.82, 2.24) is 10.3 Å². The number of hydrogen-bond acceptors (Lipinski definition) is 4. The molecule has 6 heteroatoms. The predicted molar refractivity (Wildman–Crippen MR) is 74.9 cm³/mol. The van der Waals surface area contributed by atoms with Crippen LogP contribution in [0.3, 0.4) is 0 Å². The van der Waals surface area contributed by atoms with Crippen LogP contribution >= 0.6 is 22.9 Å². The van der Waals surface area contributed by atoms with Crippen LogP contribution in [0.5, 0.6) is 0 Å². The fourth-order valence-corrected chi connectivity index (χ4v) is 2.25. The third-order valence-electron chi connectivity index (χ3n) is 2.19. The molecule has 0 aliphatic heterocycles. The molecule has 1 amide bonds. The molecule has 0 spiro atoms. The van der Waals surface area contributed by atoms with Gasteiger partial charge in [0.1, 0.15) is 5.69 Å². The van der Waals surface area contributed by atoms with Crippen molar-refractivity contribution in [3.05, 3.63) is 40.4 Å². The Balaban J connectivity index is 2.12. The number of anilines is 2. The van der Waals surface area contributed by atoms with Crippen molar-refractivity contribution in [3.63, 3.8) is 0 Å². The molecule has 0 saturated heterocycles. The average Bonchev–Trinajstić information content (AvgIpc) is 2.81. The van der Waals surface area contributed by atoms with Crippen molar-refractivity contribution in [2.75, 3.05) is 11.9 Å².